The molecule has 0 spiro atoms. The number of hydrogen-bond acceptors (Lipinski definition) is 2. The van der Waals surface area contributed by atoms with Crippen molar-refractivity contribution in [2.45, 2.75) is 32.2 Å². The lowest BCUT2D eigenvalue weighted by Gasteiger charge is -2.31. The second kappa shape index (κ2) is 5.01. The molecule has 1 N–H and O–H groups in total. The van der Waals surface area contributed by atoms with Gasteiger partial charge in [0.25, 0.3) is 0 Å². The van der Waals surface area contributed by atoms with Crippen molar-refractivity contribution in [3.8, 4) is 5.75 Å². The number of amides is 1. The van der Waals surface area contributed by atoms with E-state index < -0.39 is 0 Å². The Morgan fingerprint density at radius 2 is 2.06 bits per heavy atom. The summed E-state index contributed by atoms with van der Waals surface area (Å²) in [7, 11) is 0. The predicted molar refractivity (Wildman–Crippen MR) is 62.4 cm³/mol. The highest BCUT2D eigenvalue weighted by Gasteiger charge is 2.25. The maximum atomic E-state index is 11.5. The van der Waals surface area contributed by atoms with Crippen LogP contribution in [0, 0.1) is 5.92 Å². The lowest BCUT2D eigenvalue weighted by Crippen LogP contribution is -2.42. The van der Waals surface area contributed by atoms with Gasteiger partial charge in [-0.3, -0.25) is 0 Å². The topological polar surface area (TPSA) is 38.3 Å². The molecule has 0 bridgehead atoms. The average molecular weight is 219 g/mol. The molecule has 0 aromatic heterocycles. The Kier molecular flexibility index (Phi) is 3.44. The second-order valence-corrected chi connectivity index (χ2v) is 4.33. The number of carbonyl (C=O) groups excluding carboxylic acids is 1. The molecule has 3 heteroatoms. The third-order valence-electron chi connectivity index (χ3n) is 3.16. The molecule has 1 aliphatic carbocycles. The van der Waals surface area contributed by atoms with Crippen molar-refractivity contribution in [1.29, 1.82) is 0 Å². The number of benzene rings is 1. The van der Waals surface area contributed by atoms with Crippen molar-refractivity contribution in [2.75, 3.05) is 0 Å². The van der Waals surface area contributed by atoms with Crippen LogP contribution in [0.4, 0.5) is 4.79 Å². The van der Waals surface area contributed by atoms with Gasteiger partial charge < -0.3 is 10.1 Å². The first kappa shape index (κ1) is 11.0. The average Bonchev–Trinajstić information content (AvgIpc) is 2.15. The van der Waals surface area contributed by atoms with E-state index in [4.69, 9.17) is 4.74 Å². The van der Waals surface area contributed by atoms with E-state index in [9.17, 15) is 4.79 Å². The van der Waals surface area contributed by atoms with E-state index in [1.165, 1.54) is 19.3 Å². The molecule has 1 saturated carbocycles. The maximum absolute atomic E-state index is 11.5. The molecule has 0 saturated heterocycles. The van der Waals surface area contributed by atoms with Crippen LogP contribution in [0.5, 0.6) is 5.75 Å². The van der Waals surface area contributed by atoms with E-state index in [1.807, 2.05) is 25.1 Å². The van der Waals surface area contributed by atoms with Crippen molar-refractivity contribution < 1.29 is 9.53 Å². The minimum Gasteiger partial charge on any atom is -0.410 e. The van der Waals surface area contributed by atoms with Crippen LogP contribution in [-0.4, -0.2) is 12.1 Å². The van der Waals surface area contributed by atoms with Gasteiger partial charge in [-0.1, -0.05) is 24.6 Å². The van der Waals surface area contributed by atoms with Gasteiger partial charge in [-0.25, -0.2) is 4.79 Å². The van der Waals surface area contributed by atoms with Crippen molar-refractivity contribution in [1.82, 2.24) is 5.32 Å². The van der Waals surface area contributed by atoms with Gasteiger partial charge in [0, 0.05) is 6.04 Å². The molecular formula is C13H17NO2. The summed E-state index contributed by atoms with van der Waals surface area (Å²) in [5, 5.41) is 2.87. The summed E-state index contributed by atoms with van der Waals surface area (Å²) in [5.74, 6) is 1.21. The van der Waals surface area contributed by atoms with Crippen LogP contribution in [0.25, 0.3) is 0 Å². The van der Waals surface area contributed by atoms with Gasteiger partial charge in [-0.05, 0) is 37.8 Å². The quantitative estimate of drug-likeness (QED) is 0.848. The standard InChI is InChI=1S/C13H17NO2/c1-10(11-6-5-7-11)14-13(15)16-12-8-3-2-4-9-12/h2-4,8-11H,5-7H2,1H3,(H,14,15). The highest BCUT2D eigenvalue weighted by atomic mass is 16.6. The minimum atomic E-state index is -0.356. The van der Waals surface area contributed by atoms with Crippen LogP contribution in [0.1, 0.15) is 26.2 Å². The third-order valence-corrected chi connectivity index (χ3v) is 3.16. The summed E-state index contributed by atoms with van der Waals surface area (Å²) in [6, 6.07) is 9.34. The fourth-order valence-electron chi connectivity index (χ4n) is 1.87. The molecule has 3 nitrogen and oxygen atoms in total. The lowest BCUT2D eigenvalue weighted by molar-refractivity contribution is 0.180. The SMILES string of the molecule is CC(NC(=O)Oc1ccccc1)C1CCC1. The summed E-state index contributed by atoms with van der Waals surface area (Å²) in [6.45, 7) is 2.04. The number of ether oxygens (including phenoxy) is 1. The van der Waals surface area contributed by atoms with Gasteiger partial charge in [0.05, 0.1) is 0 Å². The molecule has 1 fully saturated rings. The molecule has 1 aromatic rings. The van der Waals surface area contributed by atoms with Gasteiger partial charge in [0.1, 0.15) is 5.75 Å². The van der Waals surface area contributed by atoms with Crippen molar-refractivity contribution in [3.63, 3.8) is 0 Å². The van der Waals surface area contributed by atoms with Crippen LogP contribution in [0.15, 0.2) is 30.3 Å². The number of hydrogen-bond donors (Lipinski definition) is 1. The number of para-hydroxylation sites is 1. The molecule has 86 valence electrons. The molecule has 0 aliphatic heterocycles. The van der Waals surface area contributed by atoms with Gasteiger partial charge in [0.15, 0.2) is 0 Å². The Morgan fingerprint density at radius 3 is 2.62 bits per heavy atom. The molecular weight excluding hydrogens is 202 g/mol. The zero-order valence-electron chi connectivity index (χ0n) is 9.48. The number of nitrogens with one attached hydrogen (secondary N) is 1. The molecule has 2 rings (SSSR count). The van der Waals surface area contributed by atoms with E-state index in [-0.39, 0.29) is 12.1 Å². The van der Waals surface area contributed by atoms with Crippen molar-refractivity contribution >= 4 is 6.09 Å². The van der Waals surface area contributed by atoms with Crippen molar-refractivity contribution in [3.05, 3.63) is 30.3 Å². The number of rotatable bonds is 3. The Hall–Kier alpha value is -1.51. The fraction of sp³-hybridized carbons (Fsp3) is 0.462. The third kappa shape index (κ3) is 2.75. The summed E-state index contributed by atoms with van der Waals surface area (Å²) in [4.78, 5) is 11.5. The second-order valence-electron chi connectivity index (χ2n) is 4.33. The minimum absolute atomic E-state index is 0.213. The van der Waals surface area contributed by atoms with E-state index >= 15 is 0 Å². The van der Waals surface area contributed by atoms with Crippen molar-refractivity contribution in [2.24, 2.45) is 5.92 Å². The summed E-state index contributed by atoms with van der Waals surface area (Å²) in [6.07, 6.45) is 3.36. The van der Waals surface area contributed by atoms with Gasteiger partial charge in [-0.2, -0.15) is 0 Å². The zero-order chi connectivity index (χ0) is 11.4. The smallest absolute Gasteiger partial charge is 0.410 e. The van der Waals surface area contributed by atoms with Crippen LogP contribution in [-0.2, 0) is 0 Å². The largest absolute Gasteiger partial charge is 0.412 e. The van der Waals surface area contributed by atoms with E-state index in [0.29, 0.717) is 11.7 Å². The molecule has 1 amide bonds. The Balaban J connectivity index is 1.80. The summed E-state index contributed by atoms with van der Waals surface area (Å²) in [5.41, 5.74) is 0. The van der Waals surface area contributed by atoms with Crippen LogP contribution in [0.3, 0.4) is 0 Å². The Bertz CT molecular complexity index is 346. The number of carbonyl (C=O) groups is 1. The molecule has 16 heavy (non-hydrogen) atoms. The van der Waals surface area contributed by atoms with E-state index in [1.54, 1.807) is 12.1 Å². The predicted octanol–water partition coefficient (Wildman–Crippen LogP) is 2.96. The highest BCUT2D eigenvalue weighted by molar-refractivity contribution is 5.70. The molecule has 1 aromatic carbocycles. The summed E-state index contributed by atoms with van der Waals surface area (Å²) < 4.78 is 5.15. The molecule has 1 aliphatic rings. The van der Waals surface area contributed by atoms with Crippen LogP contribution >= 0.6 is 0 Å². The maximum Gasteiger partial charge on any atom is 0.412 e. The van der Waals surface area contributed by atoms with Crippen LogP contribution < -0.4 is 10.1 Å². The normalized spacial score (nSPS) is 17.3. The van der Waals surface area contributed by atoms with Gasteiger partial charge in [0.2, 0.25) is 0 Å². The van der Waals surface area contributed by atoms with E-state index in [0.717, 1.165) is 0 Å². The first-order valence-electron chi connectivity index (χ1n) is 5.79. The molecule has 0 radical (unpaired) electrons. The fourth-order valence-corrected chi connectivity index (χ4v) is 1.87. The Morgan fingerprint density at radius 1 is 1.38 bits per heavy atom. The Labute approximate surface area is 95.8 Å². The van der Waals surface area contributed by atoms with Crippen LogP contribution in [0.2, 0.25) is 0 Å². The molecule has 1 unspecified atom stereocenters. The summed E-state index contributed by atoms with van der Waals surface area (Å²) >= 11 is 0. The first-order chi connectivity index (χ1) is 7.75. The lowest BCUT2D eigenvalue weighted by atomic mass is 9.80. The molecule has 0 heterocycles. The monoisotopic (exact) mass is 219 g/mol. The zero-order valence-corrected chi connectivity index (χ0v) is 9.48. The van der Waals surface area contributed by atoms with Gasteiger partial charge >= 0.3 is 6.09 Å². The highest BCUT2D eigenvalue weighted by Crippen LogP contribution is 2.29. The molecule has 1 atom stereocenters. The van der Waals surface area contributed by atoms with Gasteiger partial charge in [-0.15, -0.1) is 0 Å². The first-order valence-corrected chi connectivity index (χ1v) is 5.79. The van der Waals surface area contributed by atoms with E-state index in [2.05, 4.69) is 5.32 Å².